The summed E-state index contributed by atoms with van der Waals surface area (Å²) in [7, 11) is 0. The van der Waals surface area contributed by atoms with Gasteiger partial charge in [0.05, 0.1) is 17.2 Å². The van der Waals surface area contributed by atoms with Crippen molar-refractivity contribution in [2.45, 2.75) is 25.7 Å². The van der Waals surface area contributed by atoms with Crippen molar-refractivity contribution in [3.63, 3.8) is 0 Å². The minimum Gasteiger partial charge on any atom is -0.493 e. The van der Waals surface area contributed by atoms with Gasteiger partial charge in [-0.2, -0.15) is 0 Å². The molecule has 0 radical (unpaired) electrons. The van der Waals surface area contributed by atoms with Crippen LogP contribution in [0.15, 0.2) is 30.9 Å². The zero-order valence-corrected chi connectivity index (χ0v) is 10.6. The minimum atomic E-state index is 0.431. The van der Waals surface area contributed by atoms with Crippen molar-refractivity contribution in [2.75, 3.05) is 6.61 Å². The average Bonchev–Trinajstić information content (AvgIpc) is 2.34. The van der Waals surface area contributed by atoms with E-state index < -0.39 is 0 Å². The third kappa shape index (κ3) is 4.61. The Morgan fingerprint density at radius 1 is 1.29 bits per heavy atom. The highest BCUT2D eigenvalue weighted by atomic mass is 35.5. The third-order valence-electron chi connectivity index (χ3n) is 2.44. The molecule has 0 saturated heterocycles. The Morgan fingerprint density at radius 2 is 2.12 bits per heavy atom. The van der Waals surface area contributed by atoms with Crippen LogP contribution in [0, 0.1) is 0 Å². The fraction of sp³-hybridized carbons (Fsp3) is 0.357. The number of halogens is 1. The summed E-state index contributed by atoms with van der Waals surface area (Å²) in [5.74, 6) is 0.566. The van der Waals surface area contributed by atoms with Crippen LogP contribution < -0.4 is 4.74 Å². The number of hydrogen-bond acceptors (Lipinski definition) is 2. The van der Waals surface area contributed by atoms with E-state index in [2.05, 4.69) is 6.58 Å². The number of benzene rings is 1. The summed E-state index contributed by atoms with van der Waals surface area (Å²) < 4.78 is 5.55. The molecule has 0 aliphatic carbocycles. The summed E-state index contributed by atoms with van der Waals surface area (Å²) >= 11 is 5.89. The molecule has 0 aromatic heterocycles. The van der Waals surface area contributed by atoms with Crippen molar-refractivity contribution in [2.24, 2.45) is 0 Å². The molecule has 17 heavy (non-hydrogen) atoms. The number of ether oxygens (including phenoxy) is 1. The summed E-state index contributed by atoms with van der Waals surface area (Å²) in [4.78, 5) is 10.8. The molecule has 0 unspecified atom stereocenters. The van der Waals surface area contributed by atoms with E-state index in [9.17, 15) is 4.79 Å². The Labute approximate surface area is 107 Å². The highest BCUT2D eigenvalue weighted by Gasteiger charge is 2.06. The van der Waals surface area contributed by atoms with Gasteiger partial charge in [-0.3, -0.25) is 4.79 Å². The first-order chi connectivity index (χ1) is 8.29. The monoisotopic (exact) mass is 252 g/mol. The van der Waals surface area contributed by atoms with Crippen molar-refractivity contribution < 1.29 is 9.53 Å². The molecule has 1 rings (SSSR count). The predicted octanol–water partition coefficient (Wildman–Crippen LogP) is 4.28. The van der Waals surface area contributed by atoms with Crippen molar-refractivity contribution >= 4 is 17.9 Å². The van der Waals surface area contributed by atoms with Gasteiger partial charge in [-0.25, -0.2) is 0 Å². The second-order valence-corrected chi connectivity index (χ2v) is 4.16. The van der Waals surface area contributed by atoms with E-state index in [1.165, 1.54) is 0 Å². The van der Waals surface area contributed by atoms with Gasteiger partial charge in [0.25, 0.3) is 0 Å². The second-order valence-electron chi connectivity index (χ2n) is 3.76. The molecular formula is C14H17ClO2. The van der Waals surface area contributed by atoms with Gasteiger partial charge in [0, 0.05) is 0 Å². The molecule has 0 saturated carbocycles. The zero-order valence-electron chi connectivity index (χ0n) is 9.82. The van der Waals surface area contributed by atoms with E-state index in [4.69, 9.17) is 16.3 Å². The van der Waals surface area contributed by atoms with E-state index in [0.717, 1.165) is 32.0 Å². The standard InChI is InChI=1S/C14H17ClO2/c1-2-3-4-5-6-10-17-14-9-7-8-13(15)12(14)11-16/h2,7-9,11H,1,3-6,10H2. The van der Waals surface area contributed by atoms with Gasteiger partial charge in [-0.1, -0.05) is 23.7 Å². The topological polar surface area (TPSA) is 26.3 Å². The molecular weight excluding hydrogens is 236 g/mol. The maximum absolute atomic E-state index is 10.8. The fourth-order valence-electron chi connectivity index (χ4n) is 1.51. The summed E-state index contributed by atoms with van der Waals surface area (Å²) in [5.41, 5.74) is 0.431. The first-order valence-electron chi connectivity index (χ1n) is 5.77. The number of unbranched alkanes of at least 4 members (excludes halogenated alkanes) is 3. The van der Waals surface area contributed by atoms with E-state index in [1.54, 1.807) is 18.2 Å². The van der Waals surface area contributed by atoms with Gasteiger partial charge in [-0.15, -0.1) is 6.58 Å². The fourth-order valence-corrected chi connectivity index (χ4v) is 1.72. The van der Waals surface area contributed by atoms with Crippen LogP contribution in [0.1, 0.15) is 36.0 Å². The van der Waals surface area contributed by atoms with Gasteiger partial charge in [-0.05, 0) is 37.8 Å². The molecule has 0 heterocycles. The lowest BCUT2D eigenvalue weighted by molar-refractivity contribution is 0.111. The summed E-state index contributed by atoms with van der Waals surface area (Å²) in [6.45, 7) is 4.28. The Morgan fingerprint density at radius 3 is 2.82 bits per heavy atom. The highest BCUT2D eigenvalue weighted by Crippen LogP contribution is 2.24. The smallest absolute Gasteiger partial charge is 0.155 e. The lowest BCUT2D eigenvalue weighted by Crippen LogP contribution is -2.00. The largest absolute Gasteiger partial charge is 0.493 e. The van der Waals surface area contributed by atoms with Gasteiger partial charge in [0.2, 0.25) is 0 Å². The number of rotatable bonds is 8. The molecule has 0 amide bonds. The van der Waals surface area contributed by atoms with Crippen molar-refractivity contribution in [3.05, 3.63) is 41.4 Å². The van der Waals surface area contributed by atoms with E-state index in [-0.39, 0.29) is 0 Å². The predicted molar refractivity (Wildman–Crippen MR) is 71.0 cm³/mol. The van der Waals surface area contributed by atoms with E-state index in [1.807, 2.05) is 6.08 Å². The zero-order chi connectivity index (χ0) is 12.5. The molecule has 1 aromatic carbocycles. The Kier molecular flexibility index (Phi) is 6.41. The molecule has 3 heteroatoms. The number of carbonyl (C=O) groups is 1. The van der Waals surface area contributed by atoms with Crippen LogP contribution in [0.3, 0.4) is 0 Å². The Bertz CT molecular complexity index is 374. The van der Waals surface area contributed by atoms with Crippen LogP contribution in [0.4, 0.5) is 0 Å². The quantitative estimate of drug-likeness (QED) is 0.392. The summed E-state index contributed by atoms with van der Waals surface area (Å²) in [6.07, 6.45) is 6.89. The van der Waals surface area contributed by atoms with Gasteiger partial charge in [0.15, 0.2) is 6.29 Å². The molecule has 0 fully saturated rings. The van der Waals surface area contributed by atoms with Crippen LogP contribution in [-0.4, -0.2) is 12.9 Å². The maximum Gasteiger partial charge on any atom is 0.155 e. The molecule has 0 bridgehead atoms. The Hall–Kier alpha value is -1.28. The Balaban J connectivity index is 2.38. The van der Waals surface area contributed by atoms with Crippen molar-refractivity contribution in [1.29, 1.82) is 0 Å². The number of aldehydes is 1. The molecule has 0 atom stereocenters. The van der Waals surface area contributed by atoms with Crippen LogP contribution in [0.25, 0.3) is 0 Å². The third-order valence-corrected chi connectivity index (χ3v) is 2.77. The molecule has 0 aliphatic heterocycles. The summed E-state index contributed by atoms with van der Waals surface area (Å²) in [5, 5.41) is 0.434. The lowest BCUT2D eigenvalue weighted by atomic mass is 10.2. The molecule has 92 valence electrons. The first kappa shape index (κ1) is 13.8. The molecule has 0 N–H and O–H groups in total. The van der Waals surface area contributed by atoms with Crippen LogP contribution in [0.5, 0.6) is 5.75 Å². The van der Waals surface area contributed by atoms with Crippen LogP contribution >= 0.6 is 11.6 Å². The molecule has 0 spiro atoms. The normalized spacial score (nSPS) is 9.94. The van der Waals surface area contributed by atoms with Crippen LogP contribution in [0.2, 0.25) is 5.02 Å². The van der Waals surface area contributed by atoms with Crippen molar-refractivity contribution in [3.8, 4) is 5.75 Å². The minimum absolute atomic E-state index is 0.431. The second kappa shape index (κ2) is 7.91. The lowest BCUT2D eigenvalue weighted by Gasteiger charge is -2.08. The number of carbonyl (C=O) groups excluding carboxylic acids is 1. The molecule has 2 nitrogen and oxygen atoms in total. The van der Waals surface area contributed by atoms with Crippen LogP contribution in [-0.2, 0) is 0 Å². The van der Waals surface area contributed by atoms with E-state index in [0.29, 0.717) is 22.9 Å². The summed E-state index contributed by atoms with van der Waals surface area (Å²) in [6, 6.07) is 5.23. The van der Waals surface area contributed by atoms with Gasteiger partial charge in [0.1, 0.15) is 5.75 Å². The number of allylic oxidation sites excluding steroid dienone is 1. The van der Waals surface area contributed by atoms with Crippen molar-refractivity contribution in [1.82, 2.24) is 0 Å². The average molecular weight is 253 g/mol. The molecule has 1 aromatic rings. The molecule has 0 aliphatic rings. The first-order valence-corrected chi connectivity index (χ1v) is 6.14. The SMILES string of the molecule is C=CCCCCCOc1cccc(Cl)c1C=O. The maximum atomic E-state index is 10.8. The highest BCUT2D eigenvalue weighted by molar-refractivity contribution is 6.33. The number of hydrogen-bond donors (Lipinski definition) is 0. The van der Waals surface area contributed by atoms with Gasteiger partial charge >= 0.3 is 0 Å². The van der Waals surface area contributed by atoms with Gasteiger partial charge < -0.3 is 4.74 Å². The van der Waals surface area contributed by atoms with E-state index >= 15 is 0 Å².